The lowest BCUT2D eigenvalue weighted by Gasteiger charge is -2.30. The largest absolute Gasteiger partial charge is 0.381 e. The van der Waals surface area contributed by atoms with Crippen molar-refractivity contribution in [2.75, 3.05) is 16.8 Å². The molecule has 5 rings (SSSR count). The van der Waals surface area contributed by atoms with Gasteiger partial charge in [-0.2, -0.15) is 0 Å². The van der Waals surface area contributed by atoms with Crippen LogP contribution in [-0.4, -0.2) is 24.4 Å². The van der Waals surface area contributed by atoms with Crippen LogP contribution in [0.5, 0.6) is 0 Å². The molecular formula is C24H24FN3O2. The van der Waals surface area contributed by atoms with Gasteiger partial charge in [-0.1, -0.05) is 25.6 Å². The topological polar surface area (TPSA) is 75.4 Å². The van der Waals surface area contributed by atoms with Crippen LogP contribution in [0, 0.1) is 11.7 Å². The number of nitrogens with two attached hydrogens (primary N) is 1. The zero-order valence-electron chi connectivity index (χ0n) is 17.0. The second-order valence-electron chi connectivity index (χ2n) is 8.65. The molecule has 3 N–H and O–H groups in total. The molecule has 0 aromatic heterocycles. The van der Waals surface area contributed by atoms with E-state index in [0.717, 1.165) is 28.8 Å². The van der Waals surface area contributed by atoms with E-state index in [0.29, 0.717) is 29.6 Å². The SMILES string of the molecule is C=CC(=O)N1CC2CC2c2c(-c3c(F)cc(C(N)=O)c4c3C(C)C(C)N4)cccc21. The summed E-state index contributed by atoms with van der Waals surface area (Å²) in [6.45, 7) is 8.34. The van der Waals surface area contributed by atoms with Gasteiger partial charge in [0.05, 0.1) is 11.3 Å². The number of benzene rings is 2. The average molecular weight is 405 g/mol. The van der Waals surface area contributed by atoms with Crippen LogP contribution in [0.25, 0.3) is 11.1 Å². The van der Waals surface area contributed by atoms with E-state index in [4.69, 9.17) is 5.73 Å². The Balaban J connectivity index is 1.78. The predicted molar refractivity (Wildman–Crippen MR) is 115 cm³/mol. The van der Waals surface area contributed by atoms with E-state index in [1.54, 1.807) is 4.90 Å². The highest BCUT2D eigenvalue weighted by Crippen LogP contribution is 2.58. The molecule has 2 aromatic carbocycles. The van der Waals surface area contributed by atoms with Crippen molar-refractivity contribution in [3.05, 3.63) is 59.4 Å². The van der Waals surface area contributed by atoms with Crippen molar-refractivity contribution in [3.63, 3.8) is 0 Å². The number of halogens is 1. The second-order valence-corrected chi connectivity index (χ2v) is 8.65. The fraction of sp³-hybridized carbons (Fsp3) is 0.333. The van der Waals surface area contributed by atoms with Gasteiger partial charge < -0.3 is 16.0 Å². The molecular weight excluding hydrogens is 381 g/mol. The molecule has 0 radical (unpaired) electrons. The quantitative estimate of drug-likeness (QED) is 0.754. The molecule has 0 spiro atoms. The minimum absolute atomic E-state index is 0.00385. The minimum atomic E-state index is -0.648. The van der Waals surface area contributed by atoms with E-state index < -0.39 is 11.7 Å². The van der Waals surface area contributed by atoms with E-state index in [1.807, 2.05) is 32.0 Å². The van der Waals surface area contributed by atoms with Gasteiger partial charge in [-0.3, -0.25) is 9.59 Å². The van der Waals surface area contributed by atoms with Gasteiger partial charge in [0.2, 0.25) is 5.91 Å². The maximum Gasteiger partial charge on any atom is 0.250 e. The Morgan fingerprint density at radius 3 is 2.77 bits per heavy atom. The summed E-state index contributed by atoms with van der Waals surface area (Å²) in [6, 6.07) is 7.01. The minimum Gasteiger partial charge on any atom is -0.381 e. The summed E-state index contributed by atoms with van der Waals surface area (Å²) in [7, 11) is 0. The van der Waals surface area contributed by atoms with Gasteiger partial charge in [0.25, 0.3) is 5.91 Å². The highest BCUT2D eigenvalue weighted by atomic mass is 19.1. The number of nitrogens with zero attached hydrogens (tertiary/aromatic N) is 1. The second kappa shape index (κ2) is 6.42. The molecule has 1 aliphatic carbocycles. The van der Waals surface area contributed by atoms with Crippen molar-refractivity contribution in [2.24, 2.45) is 11.7 Å². The van der Waals surface area contributed by atoms with Gasteiger partial charge in [0, 0.05) is 29.8 Å². The number of fused-ring (bicyclic) bond motifs is 4. The van der Waals surface area contributed by atoms with Crippen molar-refractivity contribution in [1.29, 1.82) is 0 Å². The van der Waals surface area contributed by atoms with Gasteiger partial charge in [-0.05, 0) is 60.1 Å². The first-order valence-electron chi connectivity index (χ1n) is 10.3. The zero-order valence-corrected chi connectivity index (χ0v) is 17.0. The Kier molecular flexibility index (Phi) is 4.04. The van der Waals surface area contributed by atoms with Crippen LogP contribution in [0.4, 0.5) is 15.8 Å². The number of carbonyl (C=O) groups excluding carboxylic acids is 2. The average Bonchev–Trinajstić information content (AvgIpc) is 3.45. The Bertz CT molecular complexity index is 1130. The molecule has 2 heterocycles. The van der Waals surface area contributed by atoms with Crippen LogP contribution in [0.15, 0.2) is 36.9 Å². The maximum absolute atomic E-state index is 15.6. The molecule has 6 heteroatoms. The molecule has 2 aromatic rings. The van der Waals surface area contributed by atoms with E-state index in [1.165, 1.54) is 12.1 Å². The predicted octanol–water partition coefficient (Wildman–Crippen LogP) is 4.15. The Hall–Kier alpha value is -3.15. The number of hydrogen-bond acceptors (Lipinski definition) is 3. The van der Waals surface area contributed by atoms with Crippen molar-refractivity contribution in [3.8, 4) is 11.1 Å². The molecule has 3 aliphatic rings. The van der Waals surface area contributed by atoms with Crippen LogP contribution in [0.3, 0.4) is 0 Å². The molecule has 5 nitrogen and oxygen atoms in total. The fourth-order valence-electron chi connectivity index (χ4n) is 5.20. The highest BCUT2D eigenvalue weighted by molar-refractivity contribution is 6.04. The maximum atomic E-state index is 15.6. The van der Waals surface area contributed by atoms with E-state index in [-0.39, 0.29) is 23.4 Å². The third kappa shape index (κ3) is 2.52. The lowest BCUT2D eigenvalue weighted by atomic mass is 9.84. The molecule has 2 aliphatic heterocycles. The molecule has 1 saturated carbocycles. The third-order valence-electron chi connectivity index (χ3n) is 6.96. The molecule has 0 bridgehead atoms. The van der Waals surface area contributed by atoms with Gasteiger partial charge in [-0.25, -0.2) is 4.39 Å². The summed E-state index contributed by atoms with van der Waals surface area (Å²) in [5, 5.41) is 3.33. The van der Waals surface area contributed by atoms with Gasteiger partial charge in [0.1, 0.15) is 5.82 Å². The van der Waals surface area contributed by atoms with Crippen LogP contribution in [-0.2, 0) is 4.79 Å². The summed E-state index contributed by atoms with van der Waals surface area (Å²) >= 11 is 0. The smallest absolute Gasteiger partial charge is 0.250 e. The molecule has 0 saturated heterocycles. The number of carbonyl (C=O) groups is 2. The number of rotatable bonds is 3. The van der Waals surface area contributed by atoms with Crippen molar-refractivity contribution >= 4 is 23.2 Å². The fourth-order valence-corrected chi connectivity index (χ4v) is 5.20. The van der Waals surface area contributed by atoms with E-state index in [9.17, 15) is 9.59 Å². The van der Waals surface area contributed by atoms with Crippen LogP contribution < -0.4 is 16.0 Å². The summed E-state index contributed by atoms with van der Waals surface area (Å²) in [4.78, 5) is 26.2. The first-order chi connectivity index (χ1) is 14.3. The highest BCUT2D eigenvalue weighted by Gasteiger charge is 2.48. The summed E-state index contributed by atoms with van der Waals surface area (Å²) in [6.07, 6.45) is 2.31. The monoisotopic (exact) mass is 405 g/mol. The lowest BCUT2D eigenvalue weighted by molar-refractivity contribution is -0.114. The summed E-state index contributed by atoms with van der Waals surface area (Å²) in [5.41, 5.74) is 10.3. The van der Waals surface area contributed by atoms with Gasteiger partial charge in [0.15, 0.2) is 0 Å². The molecule has 154 valence electrons. The van der Waals surface area contributed by atoms with Gasteiger partial charge >= 0.3 is 0 Å². The Morgan fingerprint density at radius 2 is 2.07 bits per heavy atom. The normalized spacial score (nSPS) is 25.6. The number of amides is 2. The Labute approximate surface area is 174 Å². The summed E-state index contributed by atoms with van der Waals surface area (Å²) < 4.78 is 15.6. The molecule has 4 atom stereocenters. The third-order valence-corrected chi connectivity index (χ3v) is 6.96. The van der Waals surface area contributed by atoms with Crippen LogP contribution in [0.2, 0.25) is 0 Å². The molecule has 4 unspecified atom stereocenters. The number of nitrogens with one attached hydrogen (secondary N) is 1. The lowest BCUT2D eigenvalue weighted by Crippen LogP contribution is -2.34. The number of hydrogen-bond donors (Lipinski definition) is 2. The van der Waals surface area contributed by atoms with E-state index >= 15 is 4.39 Å². The van der Waals surface area contributed by atoms with Gasteiger partial charge in [-0.15, -0.1) is 0 Å². The van der Waals surface area contributed by atoms with E-state index in [2.05, 4.69) is 11.9 Å². The molecule has 2 amide bonds. The Morgan fingerprint density at radius 1 is 1.30 bits per heavy atom. The number of primary amides is 1. The van der Waals surface area contributed by atoms with Crippen LogP contribution >= 0.6 is 0 Å². The first kappa shape index (κ1) is 18.9. The molecule has 30 heavy (non-hydrogen) atoms. The van der Waals surface area contributed by atoms with Crippen molar-refractivity contribution in [2.45, 2.75) is 38.1 Å². The van der Waals surface area contributed by atoms with Crippen molar-refractivity contribution in [1.82, 2.24) is 0 Å². The zero-order chi connectivity index (χ0) is 21.3. The summed E-state index contributed by atoms with van der Waals surface area (Å²) in [5.74, 6) is -0.536. The molecule has 1 fully saturated rings. The van der Waals surface area contributed by atoms with Crippen molar-refractivity contribution < 1.29 is 14.0 Å². The van der Waals surface area contributed by atoms with Crippen LogP contribution in [0.1, 0.15) is 53.6 Å². The standard InChI is InChI=1S/C24H24FN3O2/c1-4-19(29)28-10-13-8-15(13)21-14(6-5-7-18(21)28)22-17(25)9-16(24(26)30)23-20(22)11(2)12(3)27-23/h4-7,9,11-13,15,27H,1,8,10H2,2-3H3,(H2,26,30). The first-order valence-corrected chi connectivity index (χ1v) is 10.3. The number of anilines is 2.